The fraction of sp³-hybridized carbons (Fsp3) is 0.556. The van der Waals surface area contributed by atoms with Gasteiger partial charge >= 0.3 is 11.9 Å². The number of carbonyl (C=O) groups is 2. The van der Waals surface area contributed by atoms with Crippen LogP contribution < -0.4 is 0 Å². The number of carbonyl (C=O) groups excluding carboxylic acids is 2. The molecule has 1 saturated carbocycles. The Hall–Kier alpha value is -1.88. The molecule has 1 aliphatic carbocycles. The second-order valence-corrected chi connectivity index (χ2v) is 6.82. The summed E-state index contributed by atoms with van der Waals surface area (Å²) in [7, 11) is 0. The van der Waals surface area contributed by atoms with Crippen LogP contribution in [-0.4, -0.2) is 36.9 Å². The van der Waals surface area contributed by atoms with Crippen LogP contribution in [0.3, 0.4) is 0 Å². The predicted molar refractivity (Wildman–Crippen MR) is 82.9 cm³/mol. The Bertz CT molecular complexity index is 599. The molecular weight excluding hydrogens is 296 g/mol. The zero-order valence-corrected chi connectivity index (χ0v) is 13.5. The molecule has 0 unspecified atom stereocenters. The Balaban J connectivity index is 1.40. The highest BCUT2D eigenvalue weighted by Crippen LogP contribution is 2.53. The number of benzene rings is 1. The van der Waals surface area contributed by atoms with E-state index in [1.807, 2.05) is 13.0 Å². The molecule has 0 spiro atoms. The van der Waals surface area contributed by atoms with Crippen LogP contribution in [0.15, 0.2) is 30.3 Å². The van der Waals surface area contributed by atoms with Gasteiger partial charge in [0.25, 0.3) is 0 Å². The van der Waals surface area contributed by atoms with Crippen LogP contribution in [0.25, 0.3) is 0 Å². The molecule has 0 bridgehead atoms. The Morgan fingerprint density at radius 2 is 1.83 bits per heavy atom. The smallest absolute Gasteiger partial charge is 0.338 e. The number of fused-ring (bicyclic) bond motifs is 1. The number of hydrogen-bond acceptors (Lipinski definition) is 5. The lowest BCUT2D eigenvalue weighted by Crippen LogP contribution is -2.37. The summed E-state index contributed by atoms with van der Waals surface area (Å²) in [5.41, 5.74) is -0.0296. The molecule has 0 amide bonds. The summed E-state index contributed by atoms with van der Waals surface area (Å²) in [4.78, 5) is 24.0. The van der Waals surface area contributed by atoms with E-state index in [4.69, 9.17) is 14.2 Å². The van der Waals surface area contributed by atoms with Crippen molar-refractivity contribution in [2.45, 2.75) is 44.8 Å². The fourth-order valence-corrected chi connectivity index (χ4v) is 3.09. The molecule has 1 aromatic carbocycles. The topological polar surface area (TPSA) is 65.1 Å². The minimum Gasteiger partial charge on any atom is -0.462 e. The average Bonchev–Trinajstić information content (AvgIpc) is 3.22. The molecule has 3 atom stereocenters. The van der Waals surface area contributed by atoms with E-state index in [-0.39, 0.29) is 30.9 Å². The van der Waals surface area contributed by atoms with Crippen molar-refractivity contribution in [1.29, 1.82) is 0 Å². The molecule has 3 rings (SSSR count). The number of epoxide rings is 1. The van der Waals surface area contributed by atoms with Crippen molar-refractivity contribution in [2.75, 3.05) is 13.2 Å². The minimum absolute atomic E-state index is 0.0228. The average molecular weight is 318 g/mol. The first kappa shape index (κ1) is 16.0. The summed E-state index contributed by atoms with van der Waals surface area (Å²) < 4.78 is 16.0. The van der Waals surface area contributed by atoms with Crippen molar-refractivity contribution in [3.05, 3.63) is 35.9 Å². The van der Waals surface area contributed by atoms with Crippen LogP contribution in [0, 0.1) is 5.41 Å². The van der Waals surface area contributed by atoms with Gasteiger partial charge in [0.15, 0.2) is 0 Å². The molecule has 1 saturated heterocycles. The molecule has 0 radical (unpaired) electrons. The summed E-state index contributed by atoms with van der Waals surface area (Å²) in [6, 6.07) is 8.74. The predicted octanol–water partition coefficient (Wildman–Crippen LogP) is 2.73. The van der Waals surface area contributed by atoms with Crippen LogP contribution in [0.2, 0.25) is 0 Å². The monoisotopic (exact) mass is 318 g/mol. The largest absolute Gasteiger partial charge is 0.462 e. The number of esters is 2. The van der Waals surface area contributed by atoms with Crippen molar-refractivity contribution >= 4 is 11.9 Å². The highest BCUT2D eigenvalue weighted by Gasteiger charge is 2.60. The second-order valence-electron chi connectivity index (χ2n) is 6.82. The highest BCUT2D eigenvalue weighted by atomic mass is 16.6. The van der Waals surface area contributed by atoms with Crippen LogP contribution in [0.5, 0.6) is 0 Å². The fourth-order valence-electron chi connectivity index (χ4n) is 3.09. The van der Waals surface area contributed by atoms with Crippen LogP contribution in [-0.2, 0) is 19.0 Å². The van der Waals surface area contributed by atoms with Gasteiger partial charge in [0.1, 0.15) is 13.2 Å². The van der Waals surface area contributed by atoms with E-state index in [0.717, 1.165) is 12.8 Å². The second kappa shape index (κ2) is 5.96. The summed E-state index contributed by atoms with van der Waals surface area (Å²) >= 11 is 0. The van der Waals surface area contributed by atoms with E-state index in [0.29, 0.717) is 12.0 Å². The first-order chi connectivity index (χ1) is 10.9. The lowest BCUT2D eigenvalue weighted by atomic mass is 9.72. The molecular formula is C18H22O5. The van der Waals surface area contributed by atoms with Crippen molar-refractivity contribution in [3.63, 3.8) is 0 Å². The maximum atomic E-state index is 12.3. The molecule has 1 aromatic rings. The molecule has 1 heterocycles. The first-order valence-electron chi connectivity index (χ1n) is 8.00. The normalized spacial score (nSPS) is 31.8. The lowest BCUT2D eigenvalue weighted by Gasteiger charge is -2.31. The Labute approximate surface area is 135 Å². The van der Waals surface area contributed by atoms with Crippen LogP contribution in [0.4, 0.5) is 0 Å². The SMILES string of the molecule is C[C@]1(C(=O)OCCOC(=O)c2ccccc2)CC[C@@]2(C)O[C@H]2C1. The molecule has 0 aromatic heterocycles. The molecule has 2 aliphatic rings. The summed E-state index contributed by atoms with van der Waals surface area (Å²) in [6.45, 7) is 4.15. The molecule has 2 fully saturated rings. The highest BCUT2D eigenvalue weighted by molar-refractivity contribution is 5.89. The molecule has 124 valence electrons. The zero-order valence-electron chi connectivity index (χ0n) is 13.5. The van der Waals surface area contributed by atoms with E-state index in [9.17, 15) is 9.59 Å². The third-order valence-electron chi connectivity index (χ3n) is 4.90. The van der Waals surface area contributed by atoms with Gasteiger partial charge in [-0.25, -0.2) is 4.79 Å². The Kier molecular flexibility index (Phi) is 4.15. The third kappa shape index (κ3) is 3.39. The van der Waals surface area contributed by atoms with E-state index in [1.165, 1.54) is 0 Å². The Morgan fingerprint density at radius 1 is 1.13 bits per heavy atom. The molecule has 23 heavy (non-hydrogen) atoms. The lowest BCUT2D eigenvalue weighted by molar-refractivity contribution is -0.157. The molecule has 5 nitrogen and oxygen atoms in total. The van der Waals surface area contributed by atoms with Gasteiger partial charge in [-0.05, 0) is 45.2 Å². The van der Waals surface area contributed by atoms with Crippen molar-refractivity contribution in [2.24, 2.45) is 5.41 Å². The van der Waals surface area contributed by atoms with Gasteiger partial charge in [-0.3, -0.25) is 4.79 Å². The van der Waals surface area contributed by atoms with Gasteiger partial charge in [0, 0.05) is 0 Å². The van der Waals surface area contributed by atoms with Gasteiger partial charge in [-0.15, -0.1) is 0 Å². The summed E-state index contributed by atoms with van der Waals surface area (Å²) in [5.74, 6) is -0.640. The molecule has 1 aliphatic heterocycles. The van der Waals surface area contributed by atoms with Gasteiger partial charge < -0.3 is 14.2 Å². The minimum atomic E-state index is -0.496. The molecule has 0 N–H and O–H groups in total. The van der Waals surface area contributed by atoms with E-state index >= 15 is 0 Å². The summed E-state index contributed by atoms with van der Waals surface area (Å²) in [5, 5.41) is 0. The van der Waals surface area contributed by atoms with Crippen molar-refractivity contribution in [3.8, 4) is 0 Å². The Morgan fingerprint density at radius 3 is 2.52 bits per heavy atom. The van der Waals surface area contributed by atoms with E-state index < -0.39 is 11.4 Å². The maximum absolute atomic E-state index is 12.3. The van der Waals surface area contributed by atoms with Gasteiger partial charge in [-0.1, -0.05) is 18.2 Å². The van der Waals surface area contributed by atoms with Crippen LogP contribution >= 0.6 is 0 Å². The standard InChI is InChI=1S/C18H22O5/c1-17(8-9-18(2)14(12-17)23-18)16(20)22-11-10-21-15(19)13-6-4-3-5-7-13/h3-7,14H,8-12H2,1-2H3/t14-,17-,18+/m0/s1. The first-order valence-corrected chi connectivity index (χ1v) is 8.00. The van der Waals surface area contributed by atoms with Gasteiger partial charge in [0.2, 0.25) is 0 Å². The van der Waals surface area contributed by atoms with Crippen molar-refractivity contribution < 1.29 is 23.8 Å². The van der Waals surface area contributed by atoms with Gasteiger partial charge in [0.05, 0.1) is 22.7 Å². The number of ether oxygens (including phenoxy) is 3. The van der Waals surface area contributed by atoms with E-state index in [2.05, 4.69) is 6.92 Å². The third-order valence-corrected chi connectivity index (χ3v) is 4.90. The summed E-state index contributed by atoms with van der Waals surface area (Å²) in [6.07, 6.45) is 2.52. The zero-order chi connectivity index (χ0) is 16.5. The number of rotatable bonds is 5. The van der Waals surface area contributed by atoms with E-state index in [1.54, 1.807) is 24.3 Å². The quantitative estimate of drug-likeness (QED) is 0.474. The van der Waals surface area contributed by atoms with Gasteiger partial charge in [-0.2, -0.15) is 0 Å². The number of hydrogen-bond donors (Lipinski definition) is 0. The van der Waals surface area contributed by atoms with Crippen molar-refractivity contribution in [1.82, 2.24) is 0 Å². The maximum Gasteiger partial charge on any atom is 0.338 e. The molecule has 5 heteroatoms. The van der Waals surface area contributed by atoms with Crippen LogP contribution in [0.1, 0.15) is 43.5 Å².